The Morgan fingerprint density at radius 2 is 0.529 bits per heavy atom. The van der Waals surface area contributed by atoms with Crippen LogP contribution in [0.4, 0.5) is 0 Å². The fourth-order valence-electron chi connectivity index (χ4n) is 12.5. The predicted octanol–water partition coefficient (Wildman–Crippen LogP) is 22.8. The van der Waals surface area contributed by atoms with Crippen LogP contribution in [0.2, 0.25) is 0 Å². The highest BCUT2D eigenvalue weighted by molar-refractivity contribution is 8.76. The van der Waals surface area contributed by atoms with Crippen LogP contribution in [0.5, 0.6) is 0 Å². The van der Waals surface area contributed by atoms with Crippen LogP contribution in [-0.2, 0) is 28.6 Å². The van der Waals surface area contributed by atoms with Crippen molar-refractivity contribution in [2.75, 3.05) is 77.2 Å². The number of unbranched alkanes of at least 4 members (excludes halogenated alkanes) is 28. The highest BCUT2D eigenvalue weighted by Gasteiger charge is 2.15. The summed E-state index contributed by atoms with van der Waals surface area (Å²) in [7, 11) is 4.12. The molecule has 0 amide bonds. The molecule has 0 aliphatic rings. The Morgan fingerprint density at radius 1 is 0.287 bits per heavy atom. The summed E-state index contributed by atoms with van der Waals surface area (Å²) < 4.78 is 17.1. The molecule has 0 aromatic carbocycles. The summed E-state index contributed by atoms with van der Waals surface area (Å²) >= 11 is 0. The minimum Gasteiger partial charge on any atom is -0.466 e. The molecule has 0 unspecified atom stereocenters. The van der Waals surface area contributed by atoms with Gasteiger partial charge in [0, 0.05) is 43.9 Å². The molecule has 11 heteroatoms. The lowest BCUT2D eigenvalue weighted by Crippen LogP contribution is -2.28. The molecule has 0 aliphatic carbocycles. The largest absolute Gasteiger partial charge is 0.466 e. The van der Waals surface area contributed by atoms with Gasteiger partial charge in [-0.3, -0.25) is 14.4 Å². The van der Waals surface area contributed by atoms with E-state index in [-0.39, 0.29) is 24.5 Å². The van der Waals surface area contributed by atoms with E-state index in [4.69, 9.17) is 14.2 Å². The number of aliphatic hydroxyl groups excluding tert-OH is 1. The number of carbonyl (C=O) groups excluding carboxylic acids is 3. The van der Waals surface area contributed by atoms with Gasteiger partial charge in [-0.2, -0.15) is 0 Å². The standard InChI is InChI=1S/C76H150N2O7S2/c1-7-13-31-47-71(48-32-14-8-2)56-66-83-74(80)53-37-25-19-22-28-40-59-77(63-45-65-79)62-43-44-69-86-87-70-46-64-78(60-41-29-23-20-26-38-54-75(81)84-67-57-72(49-33-15-9-3)50-34-16-10-4)61-42-30-24-21-27-39-55-76(82)85-68-58-73(51-35-17-11-5)52-36-18-12-6/h71-73,79H,7-70H2,1-6H3. The smallest absolute Gasteiger partial charge is 0.305 e. The van der Waals surface area contributed by atoms with Crippen molar-refractivity contribution in [1.82, 2.24) is 9.80 Å². The van der Waals surface area contributed by atoms with Crippen LogP contribution in [0.15, 0.2) is 0 Å². The second kappa shape index (κ2) is 70.9. The molecule has 0 radical (unpaired) electrons. The van der Waals surface area contributed by atoms with Gasteiger partial charge in [0.25, 0.3) is 0 Å². The van der Waals surface area contributed by atoms with Gasteiger partial charge >= 0.3 is 17.9 Å². The molecule has 0 saturated heterocycles. The second-order valence-corrected chi connectivity index (χ2v) is 29.4. The van der Waals surface area contributed by atoms with Crippen LogP contribution in [-0.4, -0.2) is 110 Å². The van der Waals surface area contributed by atoms with Crippen molar-refractivity contribution in [2.45, 2.75) is 375 Å². The Labute approximate surface area is 550 Å². The number of rotatable bonds is 73. The number of carbonyl (C=O) groups is 3. The Bertz CT molecular complexity index is 1320. The molecule has 1 N–H and O–H groups in total. The van der Waals surface area contributed by atoms with Crippen molar-refractivity contribution in [1.29, 1.82) is 0 Å². The van der Waals surface area contributed by atoms with Crippen molar-refractivity contribution in [2.24, 2.45) is 17.8 Å². The maximum absolute atomic E-state index is 12.6. The van der Waals surface area contributed by atoms with Crippen molar-refractivity contribution in [3.63, 3.8) is 0 Å². The van der Waals surface area contributed by atoms with Crippen LogP contribution in [0.1, 0.15) is 375 Å². The van der Waals surface area contributed by atoms with E-state index in [2.05, 4.69) is 72.9 Å². The first-order chi connectivity index (χ1) is 42.8. The third-order valence-corrected chi connectivity index (χ3v) is 20.9. The quantitative estimate of drug-likeness (QED) is 0.0272. The molecular weight excluding hydrogens is 1120 g/mol. The summed E-state index contributed by atoms with van der Waals surface area (Å²) in [6.45, 7) is 22.5. The van der Waals surface area contributed by atoms with Crippen LogP contribution in [0.25, 0.3) is 0 Å². The van der Waals surface area contributed by atoms with E-state index in [1.54, 1.807) is 0 Å². The zero-order valence-electron chi connectivity index (χ0n) is 59.1. The van der Waals surface area contributed by atoms with Gasteiger partial charge in [0.1, 0.15) is 0 Å². The number of hydrogen-bond acceptors (Lipinski definition) is 11. The molecule has 0 saturated carbocycles. The van der Waals surface area contributed by atoms with Crippen molar-refractivity contribution >= 4 is 39.5 Å². The molecule has 0 rings (SSSR count). The molecule has 518 valence electrons. The maximum Gasteiger partial charge on any atom is 0.305 e. The zero-order valence-corrected chi connectivity index (χ0v) is 60.7. The molecule has 87 heavy (non-hydrogen) atoms. The Hall–Kier alpha value is -1.01. The van der Waals surface area contributed by atoms with Crippen LogP contribution in [0.3, 0.4) is 0 Å². The number of aliphatic hydroxyl groups is 1. The van der Waals surface area contributed by atoms with E-state index in [0.29, 0.717) is 56.8 Å². The van der Waals surface area contributed by atoms with Gasteiger partial charge in [0.05, 0.1) is 19.8 Å². The average molecular weight is 1270 g/mol. The van der Waals surface area contributed by atoms with Crippen LogP contribution < -0.4 is 0 Å². The number of nitrogens with zero attached hydrogens (tertiary/aromatic N) is 2. The van der Waals surface area contributed by atoms with Gasteiger partial charge in [-0.1, -0.05) is 294 Å². The molecule has 0 heterocycles. The lowest BCUT2D eigenvalue weighted by atomic mass is 9.92. The van der Waals surface area contributed by atoms with Crippen molar-refractivity contribution < 1.29 is 33.7 Å². The van der Waals surface area contributed by atoms with Gasteiger partial charge in [0.15, 0.2) is 0 Å². The number of ether oxygens (including phenoxy) is 3. The molecule has 0 aliphatic heterocycles. The zero-order chi connectivity index (χ0) is 63.4. The molecule has 0 atom stereocenters. The molecule has 9 nitrogen and oxygen atoms in total. The summed E-state index contributed by atoms with van der Waals surface area (Å²) in [6, 6.07) is 0. The van der Waals surface area contributed by atoms with Gasteiger partial charge in [-0.05, 0) is 134 Å². The highest BCUT2D eigenvalue weighted by atomic mass is 33.1. The summed E-state index contributed by atoms with van der Waals surface area (Å²) in [4.78, 5) is 42.9. The van der Waals surface area contributed by atoms with Crippen molar-refractivity contribution in [3.8, 4) is 0 Å². The minimum absolute atomic E-state index is 0.00115. The Morgan fingerprint density at radius 3 is 0.816 bits per heavy atom. The first-order valence-corrected chi connectivity index (χ1v) is 41.0. The topological polar surface area (TPSA) is 106 Å². The van der Waals surface area contributed by atoms with Crippen LogP contribution in [0, 0.1) is 17.8 Å². The highest BCUT2D eigenvalue weighted by Crippen LogP contribution is 2.26. The van der Waals surface area contributed by atoms with Gasteiger partial charge in [-0.25, -0.2) is 0 Å². The Kier molecular flexibility index (Phi) is 70.0. The van der Waals surface area contributed by atoms with E-state index in [1.807, 2.05) is 0 Å². The van der Waals surface area contributed by atoms with Gasteiger partial charge in [-0.15, -0.1) is 0 Å². The third-order valence-electron chi connectivity index (χ3n) is 18.3. The summed E-state index contributed by atoms with van der Waals surface area (Å²) in [5.74, 6) is 4.54. The minimum atomic E-state index is -0.00115. The lowest BCUT2D eigenvalue weighted by molar-refractivity contribution is -0.145. The molecule has 0 aromatic heterocycles. The van der Waals surface area contributed by atoms with Gasteiger partial charge in [0.2, 0.25) is 0 Å². The second-order valence-electron chi connectivity index (χ2n) is 26.7. The number of hydrogen-bond donors (Lipinski definition) is 1. The number of esters is 3. The molecule has 0 spiro atoms. The normalized spacial score (nSPS) is 11.9. The predicted molar refractivity (Wildman–Crippen MR) is 382 cm³/mol. The average Bonchev–Trinajstić information content (AvgIpc) is 3.52. The molecule has 0 fully saturated rings. The van der Waals surface area contributed by atoms with E-state index >= 15 is 0 Å². The third kappa shape index (κ3) is 63.5. The molecular formula is C76H150N2O7S2. The SMILES string of the molecule is CCCCCC(CCCCC)CCOC(=O)CCCCCCCCN(CCCO)CCCCSSCCCN(CCCCCCCCC(=O)OCCC(CCCCC)CCCCC)CCCCCCCCC(=O)OCCC(CCCCC)CCCCC. The summed E-state index contributed by atoms with van der Waals surface area (Å²) in [6.07, 6.45) is 61.4. The molecule has 0 aromatic rings. The summed E-state index contributed by atoms with van der Waals surface area (Å²) in [5.41, 5.74) is 0. The van der Waals surface area contributed by atoms with E-state index in [0.717, 1.165) is 83.8 Å². The van der Waals surface area contributed by atoms with E-state index in [1.165, 1.54) is 282 Å². The first kappa shape index (κ1) is 86.0. The fourth-order valence-corrected chi connectivity index (χ4v) is 14.7. The maximum atomic E-state index is 12.6. The first-order valence-electron chi connectivity index (χ1n) is 38.5. The molecule has 0 bridgehead atoms. The van der Waals surface area contributed by atoms with Crippen LogP contribution >= 0.6 is 21.6 Å². The van der Waals surface area contributed by atoms with E-state index in [9.17, 15) is 19.5 Å². The monoisotopic (exact) mass is 1270 g/mol. The van der Waals surface area contributed by atoms with Gasteiger partial charge < -0.3 is 29.1 Å². The summed E-state index contributed by atoms with van der Waals surface area (Å²) in [5, 5.41) is 9.59. The fraction of sp³-hybridized carbons (Fsp3) is 0.961. The Balaban J connectivity index is 4.65. The van der Waals surface area contributed by atoms with Crippen molar-refractivity contribution in [3.05, 3.63) is 0 Å². The van der Waals surface area contributed by atoms with E-state index < -0.39 is 0 Å². The lowest BCUT2D eigenvalue weighted by Gasteiger charge is -2.22.